The number of esters is 1. The van der Waals surface area contributed by atoms with E-state index in [1.54, 1.807) is 24.3 Å². The molecule has 6 nitrogen and oxygen atoms in total. The first kappa shape index (κ1) is 17.0. The third-order valence-corrected chi connectivity index (χ3v) is 3.02. The number of ether oxygens (including phenoxy) is 2. The number of nitrogens with one attached hydrogen (secondary N) is 1. The van der Waals surface area contributed by atoms with Gasteiger partial charge in [0.1, 0.15) is 0 Å². The number of nitriles is 1. The van der Waals surface area contributed by atoms with E-state index in [2.05, 4.69) is 5.32 Å². The van der Waals surface area contributed by atoms with Crippen LogP contribution >= 0.6 is 0 Å². The zero-order valence-electron chi connectivity index (χ0n) is 12.7. The highest BCUT2D eigenvalue weighted by Crippen LogP contribution is 2.18. The van der Waals surface area contributed by atoms with Crippen LogP contribution in [0.3, 0.4) is 0 Å². The minimum Gasteiger partial charge on any atom is -0.494 e. The molecular formula is C17H13FN2O4. The van der Waals surface area contributed by atoms with Crippen molar-refractivity contribution in [3.05, 3.63) is 59.4 Å². The summed E-state index contributed by atoms with van der Waals surface area (Å²) in [7, 11) is 1.31. The van der Waals surface area contributed by atoms with Crippen molar-refractivity contribution in [1.29, 1.82) is 5.26 Å². The normalized spacial score (nSPS) is 9.71. The quantitative estimate of drug-likeness (QED) is 0.852. The van der Waals surface area contributed by atoms with E-state index in [0.29, 0.717) is 11.3 Å². The lowest BCUT2D eigenvalue weighted by atomic mass is 10.2. The van der Waals surface area contributed by atoms with E-state index >= 15 is 0 Å². The Hall–Kier alpha value is -3.40. The number of methoxy groups -OCH3 is 1. The van der Waals surface area contributed by atoms with Crippen LogP contribution in [0.2, 0.25) is 0 Å². The van der Waals surface area contributed by atoms with Gasteiger partial charge in [0.15, 0.2) is 18.2 Å². The number of carbonyl (C=O) groups excluding carboxylic acids is 2. The Balaban J connectivity index is 1.89. The van der Waals surface area contributed by atoms with Crippen LogP contribution in [0.1, 0.15) is 15.9 Å². The minimum absolute atomic E-state index is 0.00473. The highest BCUT2D eigenvalue weighted by molar-refractivity contribution is 5.95. The number of halogens is 1. The second-order valence-corrected chi connectivity index (χ2v) is 4.66. The molecule has 0 radical (unpaired) electrons. The van der Waals surface area contributed by atoms with Crippen LogP contribution in [0.15, 0.2) is 42.5 Å². The molecule has 7 heteroatoms. The molecule has 122 valence electrons. The molecule has 0 saturated carbocycles. The van der Waals surface area contributed by atoms with E-state index in [9.17, 15) is 14.0 Å². The molecule has 0 aliphatic heterocycles. The molecule has 0 atom stereocenters. The summed E-state index contributed by atoms with van der Waals surface area (Å²) in [4.78, 5) is 23.5. The summed E-state index contributed by atoms with van der Waals surface area (Å²) < 4.78 is 23.1. The van der Waals surface area contributed by atoms with Gasteiger partial charge in [0.05, 0.1) is 24.3 Å². The Morgan fingerprint density at radius 2 is 1.92 bits per heavy atom. The second kappa shape index (κ2) is 7.74. The monoisotopic (exact) mass is 328 g/mol. The summed E-state index contributed by atoms with van der Waals surface area (Å²) in [6.45, 7) is -0.521. The molecule has 0 aromatic heterocycles. The lowest BCUT2D eigenvalue weighted by molar-refractivity contribution is -0.119. The zero-order chi connectivity index (χ0) is 17.5. The van der Waals surface area contributed by atoms with Crippen molar-refractivity contribution < 1.29 is 23.5 Å². The van der Waals surface area contributed by atoms with Gasteiger partial charge in [-0.15, -0.1) is 0 Å². The van der Waals surface area contributed by atoms with Crippen LogP contribution in [-0.4, -0.2) is 25.6 Å². The highest BCUT2D eigenvalue weighted by Gasteiger charge is 2.13. The Morgan fingerprint density at radius 3 is 2.50 bits per heavy atom. The number of nitrogens with zero attached hydrogens (tertiary/aromatic N) is 1. The van der Waals surface area contributed by atoms with E-state index in [1.165, 1.54) is 19.2 Å². The fraction of sp³-hybridized carbons (Fsp3) is 0.118. The molecule has 0 saturated heterocycles. The van der Waals surface area contributed by atoms with Gasteiger partial charge in [-0.1, -0.05) is 0 Å². The molecular weight excluding hydrogens is 315 g/mol. The van der Waals surface area contributed by atoms with Gasteiger partial charge in [-0.2, -0.15) is 5.26 Å². The molecule has 1 N–H and O–H groups in total. The average Bonchev–Trinajstić information content (AvgIpc) is 2.60. The van der Waals surface area contributed by atoms with E-state index in [4.69, 9.17) is 14.7 Å². The first-order chi connectivity index (χ1) is 11.5. The van der Waals surface area contributed by atoms with Crippen LogP contribution < -0.4 is 10.1 Å². The number of benzene rings is 2. The van der Waals surface area contributed by atoms with Crippen LogP contribution in [0, 0.1) is 17.1 Å². The van der Waals surface area contributed by atoms with Gasteiger partial charge in [0, 0.05) is 5.69 Å². The third-order valence-electron chi connectivity index (χ3n) is 3.02. The maximum Gasteiger partial charge on any atom is 0.338 e. The molecule has 0 unspecified atom stereocenters. The van der Waals surface area contributed by atoms with E-state index in [1.807, 2.05) is 6.07 Å². The van der Waals surface area contributed by atoms with Crippen LogP contribution in [0.5, 0.6) is 5.75 Å². The van der Waals surface area contributed by atoms with Crippen molar-refractivity contribution in [3.63, 3.8) is 0 Å². The van der Waals surface area contributed by atoms with Crippen molar-refractivity contribution >= 4 is 17.6 Å². The summed E-state index contributed by atoms with van der Waals surface area (Å²) in [6, 6.07) is 11.8. The highest BCUT2D eigenvalue weighted by atomic mass is 19.1. The standard InChI is InChI=1S/C17H13FN2O4/c1-23-15-7-4-12(8-14(15)18)17(22)24-10-16(21)20-13-5-2-11(9-19)3-6-13/h2-8H,10H2,1H3,(H,20,21). The third kappa shape index (κ3) is 4.30. The smallest absolute Gasteiger partial charge is 0.338 e. The van der Waals surface area contributed by atoms with Crippen molar-refractivity contribution in [2.45, 2.75) is 0 Å². The summed E-state index contributed by atoms with van der Waals surface area (Å²) in [5.41, 5.74) is 0.894. The van der Waals surface area contributed by atoms with E-state index in [-0.39, 0.29) is 11.3 Å². The van der Waals surface area contributed by atoms with Crippen molar-refractivity contribution in [3.8, 4) is 11.8 Å². The second-order valence-electron chi connectivity index (χ2n) is 4.66. The van der Waals surface area contributed by atoms with Crippen molar-refractivity contribution in [2.75, 3.05) is 19.0 Å². The minimum atomic E-state index is -0.827. The fourth-order valence-corrected chi connectivity index (χ4v) is 1.83. The van der Waals surface area contributed by atoms with Gasteiger partial charge in [-0.25, -0.2) is 9.18 Å². The lowest BCUT2D eigenvalue weighted by Crippen LogP contribution is -2.21. The number of amides is 1. The maximum atomic E-state index is 13.5. The predicted octanol–water partition coefficient (Wildman–Crippen LogP) is 2.50. The van der Waals surface area contributed by atoms with Crippen molar-refractivity contribution in [2.24, 2.45) is 0 Å². The summed E-state index contributed by atoms with van der Waals surface area (Å²) in [6.07, 6.45) is 0. The number of hydrogen-bond acceptors (Lipinski definition) is 5. The molecule has 2 aromatic carbocycles. The van der Waals surface area contributed by atoms with Gasteiger partial charge in [-0.05, 0) is 42.5 Å². The van der Waals surface area contributed by atoms with Crippen LogP contribution in [-0.2, 0) is 9.53 Å². The number of hydrogen-bond donors (Lipinski definition) is 1. The fourth-order valence-electron chi connectivity index (χ4n) is 1.83. The topological polar surface area (TPSA) is 88.4 Å². The van der Waals surface area contributed by atoms with Gasteiger partial charge in [-0.3, -0.25) is 4.79 Å². The SMILES string of the molecule is COc1ccc(C(=O)OCC(=O)Nc2ccc(C#N)cc2)cc1F. The van der Waals surface area contributed by atoms with Gasteiger partial charge < -0.3 is 14.8 Å². The summed E-state index contributed by atoms with van der Waals surface area (Å²) in [5.74, 6) is -2.08. The van der Waals surface area contributed by atoms with Gasteiger partial charge in [0.25, 0.3) is 5.91 Å². The maximum absolute atomic E-state index is 13.5. The molecule has 0 heterocycles. The molecule has 24 heavy (non-hydrogen) atoms. The molecule has 2 aromatic rings. The summed E-state index contributed by atoms with van der Waals surface area (Å²) >= 11 is 0. The molecule has 0 bridgehead atoms. The predicted molar refractivity (Wildman–Crippen MR) is 83.0 cm³/mol. The summed E-state index contributed by atoms with van der Waals surface area (Å²) in [5, 5.41) is 11.2. The van der Waals surface area contributed by atoms with Crippen LogP contribution in [0.25, 0.3) is 0 Å². The van der Waals surface area contributed by atoms with E-state index < -0.39 is 24.3 Å². The number of carbonyl (C=O) groups is 2. The Kier molecular flexibility index (Phi) is 5.47. The largest absolute Gasteiger partial charge is 0.494 e. The molecule has 0 fully saturated rings. The lowest BCUT2D eigenvalue weighted by Gasteiger charge is -2.07. The average molecular weight is 328 g/mol. The van der Waals surface area contributed by atoms with Gasteiger partial charge >= 0.3 is 5.97 Å². The zero-order valence-corrected chi connectivity index (χ0v) is 12.7. The molecule has 0 aliphatic carbocycles. The van der Waals surface area contributed by atoms with E-state index in [0.717, 1.165) is 6.07 Å². The molecule has 0 aliphatic rings. The Labute approximate surface area is 137 Å². The molecule has 0 spiro atoms. The molecule has 2 rings (SSSR count). The first-order valence-corrected chi connectivity index (χ1v) is 6.84. The van der Waals surface area contributed by atoms with Crippen LogP contribution in [0.4, 0.5) is 10.1 Å². The Morgan fingerprint density at radius 1 is 1.21 bits per heavy atom. The van der Waals surface area contributed by atoms with Crippen molar-refractivity contribution in [1.82, 2.24) is 0 Å². The van der Waals surface area contributed by atoms with Gasteiger partial charge in [0.2, 0.25) is 0 Å². The first-order valence-electron chi connectivity index (χ1n) is 6.84. The number of rotatable bonds is 5. The molecule has 1 amide bonds. The number of anilines is 1. The Bertz CT molecular complexity index is 797.